The van der Waals surface area contributed by atoms with E-state index in [4.69, 9.17) is 4.74 Å². The predicted octanol–water partition coefficient (Wildman–Crippen LogP) is 1.34. The number of nitrogens with one attached hydrogen (secondary N) is 2. The van der Waals surface area contributed by atoms with E-state index in [9.17, 15) is 9.59 Å². The molecule has 0 aliphatic rings. The molecule has 2 amide bonds. The van der Waals surface area contributed by atoms with Gasteiger partial charge in [-0.3, -0.25) is 9.59 Å². The van der Waals surface area contributed by atoms with Crippen LogP contribution in [0.3, 0.4) is 0 Å². The zero-order chi connectivity index (χ0) is 14.1. The fourth-order valence-electron chi connectivity index (χ4n) is 1.60. The molecule has 0 aliphatic heterocycles. The van der Waals surface area contributed by atoms with E-state index in [1.165, 1.54) is 6.92 Å². The molecule has 0 saturated carbocycles. The van der Waals surface area contributed by atoms with Crippen LogP contribution in [0.2, 0.25) is 0 Å². The Morgan fingerprint density at radius 1 is 1.21 bits per heavy atom. The number of amides is 2. The Bertz CT molecular complexity index is 415. The number of carbonyl (C=O) groups is 2. The van der Waals surface area contributed by atoms with Gasteiger partial charge in [0.25, 0.3) is 0 Å². The van der Waals surface area contributed by atoms with Gasteiger partial charge in [-0.1, -0.05) is 12.1 Å². The van der Waals surface area contributed by atoms with E-state index in [-0.39, 0.29) is 11.8 Å². The molecule has 0 radical (unpaired) electrons. The van der Waals surface area contributed by atoms with Crippen molar-refractivity contribution in [2.75, 3.05) is 25.6 Å². The minimum atomic E-state index is -0.108. The minimum absolute atomic E-state index is 0.0108. The van der Waals surface area contributed by atoms with Gasteiger partial charge in [-0.05, 0) is 24.1 Å². The quantitative estimate of drug-likeness (QED) is 0.730. The molecular weight excluding hydrogens is 244 g/mol. The lowest BCUT2D eigenvalue weighted by molar-refractivity contribution is -0.120. The monoisotopic (exact) mass is 264 g/mol. The molecule has 104 valence electrons. The van der Waals surface area contributed by atoms with Crippen molar-refractivity contribution in [1.82, 2.24) is 5.32 Å². The molecule has 2 N–H and O–H groups in total. The van der Waals surface area contributed by atoms with E-state index in [1.54, 1.807) is 19.2 Å². The van der Waals surface area contributed by atoms with E-state index in [0.717, 1.165) is 17.7 Å². The zero-order valence-electron chi connectivity index (χ0n) is 11.4. The summed E-state index contributed by atoms with van der Waals surface area (Å²) < 4.78 is 4.90. The van der Waals surface area contributed by atoms with Crippen LogP contribution >= 0.6 is 0 Å². The molecule has 0 fully saturated rings. The SMILES string of the molecule is COCCCNC(=O)Cc1ccc(NC(C)=O)cc1. The van der Waals surface area contributed by atoms with Crippen LogP contribution in [-0.2, 0) is 20.7 Å². The number of benzene rings is 1. The van der Waals surface area contributed by atoms with Gasteiger partial charge in [0, 0.05) is 32.9 Å². The van der Waals surface area contributed by atoms with Gasteiger partial charge in [-0.2, -0.15) is 0 Å². The van der Waals surface area contributed by atoms with Crippen molar-refractivity contribution in [1.29, 1.82) is 0 Å². The number of hydrogen-bond donors (Lipinski definition) is 2. The van der Waals surface area contributed by atoms with Gasteiger partial charge in [0.2, 0.25) is 11.8 Å². The highest BCUT2D eigenvalue weighted by molar-refractivity contribution is 5.88. The lowest BCUT2D eigenvalue weighted by atomic mass is 10.1. The average Bonchev–Trinajstić information content (AvgIpc) is 2.36. The fourth-order valence-corrected chi connectivity index (χ4v) is 1.60. The number of anilines is 1. The number of carbonyl (C=O) groups excluding carboxylic acids is 2. The molecule has 0 bridgehead atoms. The first-order chi connectivity index (χ1) is 9.11. The molecule has 0 saturated heterocycles. The van der Waals surface area contributed by atoms with Crippen molar-refractivity contribution in [3.8, 4) is 0 Å². The Labute approximate surface area is 113 Å². The maximum Gasteiger partial charge on any atom is 0.224 e. The van der Waals surface area contributed by atoms with Crippen LogP contribution in [-0.4, -0.2) is 32.1 Å². The Hall–Kier alpha value is -1.88. The van der Waals surface area contributed by atoms with Crippen molar-refractivity contribution in [3.63, 3.8) is 0 Å². The molecule has 0 aromatic heterocycles. The molecule has 0 unspecified atom stereocenters. The molecule has 19 heavy (non-hydrogen) atoms. The Morgan fingerprint density at radius 2 is 1.89 bits per heavy atom. The maximum atomic E-state index is 11.6. The topological polar surface area (TPSA) is 67.4 Å². The number of methoxy groups -OCH3 is 1. The Kier molecular flexibility index (Phi) is 6.60. The van der Waals surface area contributed by atoms with E-state index >= 15 is 0 Å². The van der Waals surface area contributed by atoms with Crippen molar-refractivity contribution in [2.24, 2.45) is 0 Å². The van der Waals surface area contributed by atoms with Crippen LogP contribution in [0.5, 0.6) is 0 Å². The van der Waals surface area contributed by atoms with E-state index in [0.29, 0.717) is 19.6 Å². The summed E-state index contributed by atoms with van der Waals surface area (Å²) >= 11 is 0. The van der Waals surface area contributed by atoms with Gasteiger partial charge in [0.05, 0.1) is 6.42 Å². The molecule has 5 nitrogen and oxygen atoms in total. The molecule has 0 spiro atoms. The summed E-state index contributed by atoms with van der Waals surface area (Å²) in [6, 6.07) is 7.24. The Balaban J connectivity index is 2.36. The molecule has 1 aromatic rings. The van der Waals surface area contributed by atoms with E-state index in [1.807, 2.05) is 12.1 Å². The van der Waals surface area contributed by atoms with Crippen molar-refractivity contribution in [3.05, 3.63) is 29.8 Å². The summed E-state index contributed by atoms with van der Waals surface area (Å²) in [6.45, 7) is 2.73. The van der Waals surface area contributed by atoms with Crippen molar-refractivity contribution in [2.45, 2.75) is 19.8 Å². The second-order valence-electron chi connectivity index (χ2n) is 4.25. The summed E-state index contributed by atoms with van der Waals surface area (Å²) in [5.41, 5.74) is 1.65. The van der Waals surface area contributed by atoms with Crippen molar-refractivity contribution >= 4 is 17.5 Å². The highest BCUT2D eigenvalue weighted by Crippen LogP contribution is 2.09. The summed E-state index contributed by atoms with van der Waals surface area (Å²) in [6.07, 6.45) is 1.15. The molecule has 1 aromatic carbocycles. The van der Waals surface area contributed by atoms with E-state index < -0.39 is 0 Å². The smallest absolute Gasteiger partial charge is 0.224 e. The minimum Gasteiger partial charge on any atom is -0.385 e. The summed E-state index contributed by atoms with van der Waals surface area (Å²) in [4.78, 5) is 22.5. The lowest BCUT2D eigenvalue weighted by Gasteiger charge is -2.06. The van der Waals surface area contributed by atoms with Gasteiger partial charge in [0.1, 0.15) is 0 Å². The molecule has 1 rings (SSSR count). The third-order valence-electron chi connectivity index (χ3n) is 2.49. The van der Waals surface area contributed by atoms with Crippen LogP contribution in [0.1, 0.15) is 18.9 Å². The van der Waals surface area contributed by atoms with Crippen LogP contribution in [0, 0.1) is 0 Å². The molecule has 0 aliphatic carbocycles. The molecule has 0 heterocycles. The van der Waals surface area contributed by atoms with Crippen LogP contribution in [0.25, 0.3) is 0 Å². The third-order valence-corrected chi connectivity index (χ3v) is 2.49. The highest BCUT2D eigenvalue weighted by atomic mass is 16.5. The van der Waals surface area contributed by atoms with Gasteiger partial charge in [-0.15, -0.1) is 0 Å². The second kappa shape index (κ2) is 8.26. The molecular formula is C14H20N2O3. The predicted molar refractivity (Wildman–Crippen MR) is 74.0 cm³/mol. The van der Waals surface area contributed by atoms with Crippen molar-refractivity contribution < 1.29 is 14.3 Å². The standard InChI is InChI=1S/C14H20N2O3/c1-11(17)16-13-6-4-12(5-7-13)10-14(18)15-8-3-9-19-2/h4-7H,3,8-10H2,1-2H3,(H,15,18)(H,16,17). The Morgan fingerprint density at radius 3 is 2.47 bits per heavy atom. The van der Waals surface area contributed by atoms with Crippen LogP contribution in [0.15, 0.2) is 24.3 Å². The molecule has 5 heteroatoms. The number of rotatable bonds is 7. The average molecular weight is 264 g/mol. The normalized spacial score (nSPS) is 10.0. The number of hydrogen-bond acceptors (Lipinski definition) is 3. The lowest BCUT2D eigenvalue weighted by Crippen LogP contribution is -2.26. The van der Waals surface area contributed by atoms with Crippen LogP contribution in [0.4, 0.5) is 5.69 Å². The second-order valence-corrected chi connectivity index (χ2v) is 4.25. The third kappa shape index (κ3) is 6.57. The van der Waals surface area contributed by atoms with E-state index in [2.05, 4.69) is 10.6 Å². The first-order valence-electron chi connectivity index (χ1n) is 6.24. The maximum absolute atomic E-state index is 11.6. The summed E-state index contributed by atoms with van der Waals surface area (Å²) in [5, 5.41) is 5.50. The number of ether oxygens (including phenoxy) is 1. The largest absolute Gasteiger partial charge is 0.385 e. The van der Waals surface area contributed by atoms with Gasteiger partial charge in [-0.25, -0.2) is 0 Å². The van der Waals surface area contributed by atoms with Gasteiger partial charge in [0.15, 0.2) is 0 Å². The highest BCUT2D eigenvalue weighted by Gasteiger charge is 2.03. The first kappa shape index (κ1) is 15.2. The van der Waals surface area contributed by atoms with Gasteiger partial charge >= 0.3 is 0 Å². The molecule has 0 atom stereocenters. The first-order valence-corrected chi connectivity index (χ1v) is 6.24. The van der Waals surface area contributed by atoms with Gasteiger partial charge < -0.3 is 15.4 Å². The van der Waals surface area contributed by atoms with Crippen LogP contribution < -0.4 is 10.6 Å². The zero-order valence-corrected chi connectivity index (χ0v) is 11.4. The fraction of sp³-hybridized carbons (Fsp3) is 0.429. The summed E-state index contributed by atoms with van der Waals surface area (Å²) in [5.74, 6) is -0.119. The summed E-state index contributed by atoms with van der Waals surface area (Å²) in [7, 11) is 1.64.